The number of fused-ring (bicyclic) bond motifs is 1. The van der Waals surface area contributed by atoms with Crippen LogP contribution in [0.4, 0.5) is 4.39 Å². The molecule has 1 aromatic carbocycles. The molecule has 6 nitrogen and oxygen atoms in total. The van der Waals surface area contributed by atoms with E-state index in [2.05, 4.69) is 20.2 Å². The number of piperidine rings is 1. The monoisotopic (exact) mass is 414 g/mol. The Labute approximate surface area is 171 Å². The standard InChI is InChI=1S/C21H23FN4O2S/c1-2-23-20(27)14-4-3-9-26(11-14)12-18-24-16-10-17(29-19(16)21(28)25-18)13-5-7-15(22)8-6-13/h5-8,10,14H,2-4,9,11-12H2,1H3,(H,23,27)(H,24,25,28). The van der Waals surface area contributed by atoms with Crippen LogP contribution in [-0.2, 0) is 11.3 Å². The van der Waals surface area contributed by atoms with Crippen molar-refractivity contribution in [3.63, 3.8) is 0 Å². The van der Waals surface area contributed by atoms with Crippen LogP contribution in [0.2, 0.25) is 0 Å². The molecule has 0 saturated carbocycles. The van der Waals surface area contributed by atoms with Gasteiger partial charge < -0.3 is 10.3 Å². The molecule has 3 aromatic rings. The highest BCUT2D eigenvalue weighted by molar-refractivity contribution is 7.22. The Morgan fingerprint density at radius 2 is 2.17 bits per heavy atom. The average molecular weight is 415 g/mol. The van der Waals surface area contributed by atoms with Crippen molar-refractivity contribution in [3.05, 3.63) is 52.3 Å². The molecule has 152 valence electrons. The maximum atomic E-state index is 13.2. The zero-order chi connectivity index (χ0) is 20.4. The van der Waals surface area contributed by atoms with Gasteiger partial charge in [0.15, 0.2) is 0 Å². The van der Waals surface area contributed by atoms with Crippen LogP contribution < -0.4 is 10.9 Å². The number of carbonyl (C=O) groups is 1. The second-order valence-corrected chi connectivity index (χ2v) is 8.37. The normalized spacial score (nSPS) is 17.5. The van der Waals surface area contributed by atoms with E-state index in [1.54, 1.807) is 12.1 Å². The molecule has 2 N–H and O–H groups in total. The van der Waals surface area contributed by atoms with Gasteiger partial charge in [-0.3, -0.25) is 14.5 Å². The number of halogens is 1. The number of rotatable bonds is 5. The summed E-state index contributed by atoms with van der Waals surface area (Å²) in [4.78, 5) is 35.3. The van der Waals surface area contributed by atoms with Crippen molar-refractivity contribution in [1.82, 2.24) is 20.2 Å². The number of amides is 1. The van der Waals surface area contributed by atoms with Gasteiger partial charge in [-0.2, -0.15) is 0 Å². The number of likely N-dealkylation sites (tertiary alicyclic amines) is 1. The first-order valence-electron chi connectivity index (χ1n) is 9.82. The lowest BCUT2D eigenvalue weighted by atomic mass is 9.97. The van der Waals surface area contributed by atoms with E-state index in [0.717, 1.165) is 29.8 Å². The van der Waals surface area contributed by atoms with E-state index in [1.165, 1.54) is 23.5 Å². The average Bonchev–Trinajstić information content (AvgIpc) is 3.14. The summed E-state index contributed by atoms with van der Waals surface area (Å²) in [6, 6.07) is 8.09. The topological polar surface area (TPSA) is 78.1 Å². The number of thiophene rings is 1. The first-order valence-corrected chi connectivity index (χ1v) is 10.6. The Morgan fingerprint density at radius 3 is 2.93 bits per heavy atom. The highest BCUT2D eigenvalue weighted by Crippen LogP contribution is 2.31. The molecule has 0 bridgehead atoms. The van der Waals surface area contributed by atoms with Crippen molar-refractivity contribution in [2.75, 3.05) is 19.6 Å². The van der Waals surface area contributed by atoms with Crippen LogP contribution in [0.1, 0.15) is 25.6 Å². The van der Waals surface area contributed by atoms with E-state index in [4.69, 9.17) is 0 Å². The van der Waals surface area contributed by atoms with Gasteiger partial charge in [0.2, 0.25) is 5.91 Å². The van der Waals surface area contributed by atoms with Gasteiger partial charge >= 0.3 is 0 Å². The second kappa shape index (κ2) is 8.42. The van der Waals surface area contributed by atoms with Gasteiger partial charge in [0.05, 0.1) is 18.0 Å². The van der Waals surface area contributed by atoms with Gasteiger partial charge in [-0.1, -0.05) is 12.1 Å². The number of benzene rings is 1. The third-order valence-corrected chi connectivity index (χ3v) is 6.33. The summed E-state index contributed by atoms with van der Waals surface area (Å²) < 4.78 is 13.7. The molecule has 0 radical (unpaired) electrons. The predicted molar refractivity (Wildman–Crippen MR) is 112 cm³/mol. The molecule has 1 saturated heterocycles. The fourth-order valence-corrected chi connectivity index (χ4v) is 4.76. The van der Waals surface area contributed by atoms with Crippen molar-refractivity contribution in [3.8, 4) is 10.4 Å². The fraction of sp³-hybridized carbons (Fsp3) is 0.381. The van der Waals surface area contributed by atoms with Crippen LogP contribution in [0, 0.1) is 11.7 Å². The molecule has 8 heteroatoms. The summed E-state index contributed by atoms with van der Waals surface area (Å²) in [5, 5.41) is 2.89. The highest BCUT2D eigenvalue weighted by atomic mass is 32.1. The molecule has 1 amide bonds. The highest BCUT2D eigenvalue weighted by Gasteiger charge is 2.26. The van der Waals surface area contributed by atoms with Gasteiger partial charge in [0, 0.05) is 18.0 Å². The van der Waals surface area contributed by atoms with Gasteiger partial charge in [-0.15, -0.1) is 11.3 Å². The van der Waals surface area contributed by atoms with E-state index < -0.39 is 0 Å². The molecule has 3 heterocycles. The number of aromatic nitrogens is 2. The Kier molecular flexibility index (Phi) is 5.73. The molecular weight excluding hydrogens is 391 g/mol. The number of hydrogen-bond donors (Lipinski definition) is 2. The fourth-order valence-electron chi connectivity index (χ4n) is 3.76. The summed E-state index contributed by atoms with van der Waals surface area (Å²) >= 11 is 1.35. The molecule has 1 aliphatic heterocycles. The Morgan fingerprint density at radius 1 is 1.38 bits per heavy atom. The minimum Gasteiger partial charge on any atom is -0.356 e. The van der Waals surface area contributed by atoms with Crippen LogP contribution in [0.25, 0.3) is 20.7 Å². The molecule has 4 rings (SSSR count). The number of carbonyl (C=O) groups excluding carboxylic acids is 1. The Hall–Kier alpha value is -2.58. The maximum absolute atomic E-state index is 13.2. The third-order valence-electron chi connectivity index (χ3n) is 5.16. The lowest BCUT2D eigenvalue weighted by Crippen LogP contribution is -2.43. The lowest BCUT2D eigenvalue weighted by molar-refractivity contribution is -0.126. The minimum absolute atomic E-state index is 0.0228. The molecule has 1 fully saturated rings. The van der Waals surface area contributed by atoms with E-state index in [9.17, 15) is 14.0 Å². The van der Waals surface area contributed by atoms with Crippen LogP contribution in [-0.4, -0.2) is 40.4 Å². The summed E-state index contributed by atoms with van der Waals surface area (Å²) in [5.41, 5.74) is 1.34. The van der Waals surface area contributed by atoms with Crippen LogP contribution in [0.5, 0.6) is 0 Å². The molecular formula is C21H23FN4O2S. The molecule has 0 aliphatic carbocycles. The van der Waals surface area contributed by atoms with Crippen molar-refractivity contribution >= 4 is 27.5 Å². The molecule has 0 spiro atoms. The summed E-state index contributed by atoms with van der Waals surface area (Å²) in [6.07, 6.45) is 1.83. The summed E-state index contributed by atoms with van der Waals surface area (Å²) in [5.74, 6) is 0.379. The van der Waals surface area contributed by atoms with Gasteiger partial charge in [0.25, 0.3) is 5.56 Å². The predicted octanol–water partition coefficient (Wildman–Crippen LogP) is 3.14. The van der Waals surface area contributed by atoms with Crippen LogP contribution >= 0.6 is 11.3 Å². The third kappa shape index (κ3) is 4.38. The molecule has 29 heavy (non-hydrogen) atoms. The van der Waals surface area contributed by atoms with Crippen LogP contribution in [0.3, 0.4) is 0 Å². The minimum atomic E-state index is -0.291. The molecule has 1 unspecified atom stereocenters. The largest absolute Gasteiger partial charge is 0.356 e. The SMILES string of the molecule is CCNC(=O)C1CCCN(Cc2nc3cc(-c4ccc(F)cc4)sc3c(=O)[nH]2)C1. The Balaban J connectivity index is 1.54. The molecule has 1 aliphatic rings. The van der Waals surface area contributed by atoms with Crippen molar-refractivity contribution in [1.29, 1.82) is 0 Å². The zero-order valence-corrected chi connectivity index (χ0v) is 17.0. The second-order valence-electron chi connectivity index (χ2n) is 7.31. The molecule has 2 aromatic heterocycles. The number of aromatic amines is 1. The van der Waals surface area contributed by atoms with Crippen molar-refractivity contribution < 1.29 is 9.18 Å². The quantitative estimate of drug-likeness (QED) is 0.672. The molecule has 1 atom stereocenters. The summed E-state index contributed by atoms with van der Waals surface area (Å²) in [7, 11) is 0. The van der Waals surface area contributed by atoms with Gasteiger partial charge in [-0.05, 0) is 50.1 Å². The number of nitrogens with zero attached hydrogens (tertiary/aromatic N) is 2. The first-order chi connectivity index (χ1) is 14.0. The van der Waals surface area contributed by atoms with E-state index in [1.807, 2.05) is 13.0 Å². The van der Waals surface area contributed by atoms with E-state index in [0.29, 0.717) is 35.7 Å². The smallest absolute Gasteiger partial charge is 0.268 e. The number of H-pyrrole nitrogens is 1. The number of nitrogens with one attached hydrogen (secondary N) is 2. The van der Waals surface area contributed by atoms with Gasteiger partial charge in [0.1, 0.15) is 16.3 Å². The zero-order valence-electron chi connectivity index (χ0n) is 16.2. The van der Waals surface area contributed by atoms with E-state index >= 15 is 0 Å². The van der Waals surface area contributed by atoms with Gasteiger partial charge in [-0.25, -0.2) is 9.37 Å². The maximum Gasteiger partial charge on any atom is 0.268 e. The number of hydrogen-bond acceptors (Lipinski definition) is 5. The van der Waals surface area contributed by atoms with E-state index in [-0.39, 0.29) is 23.2 Å². The first kappa shape index (κ1) is 19.7. The van der Waals surface area contributed by atoms with Crippen molar-refractivity contribution in [2.24, 2.45) is 5.92 Å². The van der Waals surface area contributed by atoms with Crippen LogP contribution in [0.15, 0.2) is 35.1 Å². The Bertz CT molecular complexity index is 1080. The lowest BCUT2D eigenvalue weighted by Gasteiger charge is -2.31. The van der Waals surface area contributed by atoms with Crippen molar-refractivity contribution in [2.45, 2.75) is 26.3 Å². The summed E-state index contributed by atoms with van der Waals surface area (Å²) in [6.45, 7) is 4.60.